The van der Waals surface area contributed by atoms with Gasteiger partial charge in [0.05, 0.1) is 25.5 Å². The van der Waals surface area contributed by atoms with E-state index in [0.717, 1.165) is 76.6 Å². The lowest BCUT2D eigenvalue weighted by atomic mass is 9.81. The first-order valence-electron chi connectivity index (χ1n) is 17.3. The van der Waals surface area contributed by atoms with E-state index in [4.69, 9.17) is 9.47 Å². The quantitative estimate of drug-likeness (QED) is 0.423. The minimum absolute atomic E-state index is 0.304. The minimum atomic E-state index is -1.61. The standard InChI is InChI=1S/C36H49N5O4S/c1-38-15-7-8-26-23-41-32-22-28(36(42)37-46(43)39(2)17-16-38)13-14-30(32)33(27-9-4-3-5-10-27)34(41)31-12-6-11-29(35(31)45-25-26)24-40-18-20-44-21-19-40/h6,11-14,22,26-27H,3-5,7-10,15-21,23-25H2,1-2H3,(H,37,42)/t26-,46?/m1/s1. The van der Waals surface area contributed by atoms with E-state index in [-0.39, 0.29) is 5.91 Å². The van der Waals surface area contributed by atoms with Crippen LogP contribution in [0.1, 0.15) is 72.3 Å². The van der Waals surface area contributed by atoms with E-state index in [1.54, 1.807) is 11.4 Å². The number of fused-ring (bicyclic) bond motifs is 4. The van der Waals surface area contributed by atoms with Gasteiger partial charge in [-0.05, 0) is 69.0 Å². The Morgan fingerprint density at radius 2 is 1.76 bits per heavy atom. The van der Waals surface area contributed by atoms with Gasteiger partial charge >= 0.3 is 0 Å². The SMILES string of the molecule is CN1CCC[C@H]2COc3c(CN4CCOCC4)cccc3-c3c(C4CCCCC4)c4ccc(cc4n3C2)C(=O)NS(=O)N(C)CC1. The molecule has 1 aromatic heterocycles. The fourth-order valence-corrected chi connectivity index (χ4v) is 8.61. The molecule has 1 saturated heterocycles. The van der Waals surface area contributed by atoms with E-state index in [9.17, 15) is 9.00 Å². The van der Waals surface area contributed by atoms with Crippen molar-refractivity contribution in [2.24, 2.45) is 5.92 Å². The van der Waals surface area contributed by atoms with Crippen molar-refractivity contribution in [3.8, 4) is 17.0 Å². The summed E-state index contributed by atoms with van der Waals surface area (Å²) in [6.45, 7) is 8.09. The van der Waals surface area contributed by atoms with Crippen LogP contribution in [0.5, 0.6) is 5.75 Å². The Morgan fingerprint density at radius 3 is 2.59 bits per heavy atom. The number of hydrogen-bond acceptors (Lipinski definition) is 6. The number of benzene rings is 2. The van der Waals surface area contributed by atoms with Crippen molar-refractivity contribution >= 4 is 28.0 Å². The third-order valence-corrected chi connectivity index (χ3v) is 11.7. The fourth-order valence-electron chi connectivity index (χ4n) is 7.93. The maximum Gasteiger partial charge on any atom is 0.264 e. The van der Waals surface area contributed by atoms with Crippen LogP contribution in [0.4, 0.5) is 0 Å². The van der Waals surface area contributed by atoms with E-state index in [1.807, 2.05) is 12.1 Å². The van der Waals surface area contributed by atoms with Crippen LogP contribution in [0.3, 0.4) is 0 Å². The normalized spacial score (nSPS) is 24.8. The number of hydrogen-bond donors (Lipinski definition) is 1. The summed E-state index contributed by atoms with van der Waals surface area (Å²) in [6.07, 6.45) is 8.25. The topological polar surface area (TPSA) is 79.3 Å². The molecule has 2 fully saturated rings. The predicted octanol–water partition coefficient (Wildman–Crippen LogP) is 5.16. The smallest absolute Gasteiger partial charge is 0.264 e. The van der Waals surface area contributed by atoms with Crippen molar-refractivity contribution in [1.29, 1.82) is 0 Å². The Kier molecular flexibility index (Phi) is 9.79. The largest absolute Gasteiger partial charge is 0.492 e. The first-order chi connectivity index (χ1) is 22.5. The molecule has 7 rings (SSSR count). The Hall–Kier alpha value is -2.76. The van der Waals surface area contributed by atoms with Crippen LogP contribution >= 0.6 is 0 Å². The maximum absolute atomic E-state index is 13.5. The number of morpholine rings is 1. The van der Waals surface area contributed by atoms with Crippen molar-refractivity contribution in [2.45, 2.75) is 64.0 Å². The average Bonchev–Trinajstić information content (AvgIpc) is 3.38. The Balaban J connectivity index is 1.40. The monoisotopic (exact) mass is 647 g/mol. The van der Waals surface area contributed by atoms with Gasteiger partial charge in [-0.2, -0.15) is 0 Å². The molecule has 4 bridgehead atoms. The van der Waals surface area contributed by atoms with Crippen molar-refractivity contribution in [1.82, 2.24) is 23.4 Å². The van der Waals surface area contributed by atoms with Crippen LogP contribution in [-0.4, -0.2) is 95.4 Å². The van der Waals surface area contributed by atoms with Crippen LogP contribution in [0.25, 0.3) is 22.2 Å². The van der Waals surface area contributed by atoms with Gasteiger partial charge in [0.1, 0.15) is 5.75 Å². The molecule has 1 saturated carbocycles. The number of para-hydroxylation sites is 1. The van der Waals surface area contributed by atoms with Gasteiger partial charge < -0.3 is 18.9 Å². The summed E-state index contributed by atoms with van der Waals surface area (Å²) in [5, 5.41) is 1.24. The summed E-state index contributed by atoms with van der Waals surface area (Å²) in [6, 6.07) is 12.8. The molecule has 10 heteroatoms. The molecular weight excluding hydrogens is 598 g/mol. The van der Waals surface area contributed by atoms with Gasteiger partial charge in [-0.25, -0.2) is 8.51 Å². The summed E-state index contributed by atoms with van der Waals surface area (Å²) >= 11 is -1.61. The molecule has 3 aliphatic heterocycles. The molecule has 1 amide bonds. The Bertz CT molecular complexity index is 1580. The van der Waals surface area contributed by atoms with E-state index >= 15 is 0 Å². The minimum Gasteiger partial charge on any atom is -0.492 e. The second-order valence-corrected chi connectivity index (χ2v) is 15.1. The molecule has 248 valence electrons. The van der Waals surface area contributed by atoms with Crippen molar-refractivity contribution in [3.05, 3.63) is 53.1 Å². The highest BCUT2D eigenvalue weighted by Gasteiger charge is 2.32. The number of amides is 1. The zero-order valence-electron chi connectivity index (χ0n) is 27.5. The van der Waals surface area contributed by atoms with E-state index in [2.05, 4.69) is 50.4 Å². The molecule has 2 atom stereocenters. The molecule has 9 nitrogen and oxygen atoms in total. The van der Waals surface area contributed by atoms with Gasteiger partial charge in [0.15, 0.2) is 11.2 Å². The summed E-state index contributed by atoms with van der Waals surface area (Å²) in [5.41, 5.74) is 6.73. The zero-order chi connectivity index (χ0) is 31.6. The fraction of sp³-hybridized carbons (Fsp3) is 0.583. The lowest BCUT2D eigenvalue weighted by Gasteiger charge is -2.31. The number of rotatable bonds is 3. The molecule has 1 aliphatic carbocycles. The number of ether oxygens (including phenoxy) is 2. The number of carbonyl (C=O) groups is 1. The van der Waals surface area contributed by atoms with Crippen LogP contribution < -0.4 is 9.46 Å². The van der Waals surface area contributed by atoms with Crippen molar-refractivity contribution in [2.75, 3.05) is 66.6 Å². The molecule has 3 aromatic rings. The lowest BCUT2D eigenvalue weighted by molar-refractivity contribution is 0.0337. The van der Waals surface area contributed by atoms with E-state index in [0.29, 0.717) is 30.6 Å². The van der Waals surface area contributed by atoms with Gasteiger partial charge in [-0.15, -0.1) is 0 Å². The first kappa shape index (κ1) is 31.8. The second-order valence-electron chi connectivity index (χ2n) is 13.8. The van der Waals surface area contributed by atoms with Gasteiger partial charge in [0.2, 0.25) is 0 Å². The van der Waals surface area contributed by atoms with Crippen LogP contribution in [0.15, 0.2) is 36.4 Å². The molecule has 1 unspecified atom stereocenters. The number of likely N-dealkylation sites (N-methyl/N-ethyl adjacent to an activating group) is 2. The molecule has 1 N–H and O–H groups in total. The third kappa shape index (κ3) is 6.65. The number of nitrogens with zero attached hydrogens (tertiary/aromatic N) is 4. The highest BCUT2D eigenvalue weighted by atomic mass is 32.2. The highest BCUT2D eigenvalue weighted by Crippen LogP contribution is 2.48. The summed E-state index contributed by atoms with van der Waals surface area (Å²) in [7, 11) is 3.92. The van der Waals surface area contributed by atoms with Gasteiger partial charge in [0, 0.05) is 79.8 Å². The first-order valence-corrected chi connectivity index (χ1v) is 18.4. The summed E-state index contributed by atoms with van der Waals surface area (Å²) < 4.78 is 32.7. The molecular formula is C36H49N5O4S. The highest BCUT2D eigenvalue weighted by molar-refractivity contribution is 7.81. The van der Waals surface area contributed by atoms with E-state index in [1.165, 1.54) is 59.9 Å². The summed E-state index contributed by atoms with van der Waals surface area (Å²) in [4.78, 5) is 18.3. The van der Waals surface area contributed by atoms with Crippen molar-refractivity contribution < 1.29 is 18.5 Å². The van der Waals surface area contributed by atoms with Crippen LogP contribution in [0, 0.1) is 5.92 Å². The molecule has 4 heterocycles. The Labute approximate surface area is 275 Å². The van der Waals surface area contributed by atoms with Crippen LogP contribution in [-0.2, 0) is 29.0 Å². The molecule has 0 spiro atoms. The van der Waals surface area contributed by atoms with Crippen LogP contribution in [0.2, 0.25) is 0 Å². The maximum atomic E-state index is 13.5. The van der Waals surface area contributed by atoms with Gasteiger partial charge in [0.25, 0.3) is 5.91 Å². The van der Waals surface area contributed by atoms with Gasteiger partial charge in [-0.3, -0.25) is 14.4 Å². The lowest BCUT2D eigenvalue weighted by Crippen LogP contribution is -2.40. The summed E-state index contributed by atoms with van der Waals surface area (Å²) in [5.74, 6) is 1.50. The van der Waals surface area contributed by atoms with Gasteiger partial charge in [-0.1, -0.05) is 37.5 Å². The number of nitrogens with one attached hydrogen (secondary N) is 1. The van der Waals surface area contributed by atoms with E-state index < -0.39 is 11.2 Å². The second kappa shape index (κ2) is 14.2. The molecule has 0 radical (unpaired) electrons. The molecule has 2 aromatic carbocycles. The number of aromatic nitrogens is 1. The molecule has 46 heavy (non-hydrogen) atoms. The molecule has 4 aliphatic rings. The zero-order valence-corrected chi connectivity index (χ0v) is 28.3. The van der Waals surface area contributed by atoms with Crippen molar-refractivity contribution in [3.63, 3.8) is 0 Å². The third-order valence-electron chi connectivity index (χ3n) is 10.5. The Morgan fingerprint density at radius 1 is 0.935 bits per heavy atom. The number of carbonyl (C=O) groups excluding carboxylic acids is 1. The predicted molar refractivity (Wildman–Crippen MR) is 183 cm³/mol. The average molecular weight is 648 g/mol.